The van der Waals surface area contributed by atoms with Crippen molar-refractivity contribution in [3.63, 3.8) is 0 Å². The lowest BCUT2D eigenvalue weighted by atomic mass is 10.1. The molecular formula is C22H20Cl4N4O. The number of nitrogens with zero attached hydrogens (tertiary/aromatic N) is 4. The summed E-state index contributed by atoms with van der Waals surface area (Å²) < 4.78 is 2.82. The van der Waals surface area contributed by atoms with Gasteiger partial charge in [0.1, 0.15) is 0 Å². The first-order valence-electron chi connectivity index (χ1n) is 9.93. The van der Waals surface area contributed by atoms with Crippen molar-refractivity contribution < 1.29 is 4.79 Å². The maximum Gasteiger partial charge on any atom is 0.304 e. The van der Waals surface area contributed by atoms with Gasteiger partial charge < -0.3 is 0 Å². The van der Waals surface area contributed by atoms with Crippen LogP contribution in [-0.2, 0) is 0 Å². The molecule has 0 bridgehead atoms. The van der Waals surface area contributed by atoms with E-state index in [0.717, 1.165) is 48.1 Å². The molecule has 162 valence electrons. The fourth-order valence-electron chi connectivity index (χ4n) is 3.74. The summed E-state index contributed by atoms with van der Waals surface area (Å²) in [5, 5.41) is 8.04. The molecule has 1 fully saturated rings. The molecule has 1 aliphatic rings. The molecule has 0 aliphatic carbocycles. The second-order valence-electron chi connectivity index (χ2n) is 7.42. The largest absolute Gasteiger partial charge is 0.304 e. The van der Waals surface area contributed by atoms with Gasteiger partial charge in [0.05, 0.1) is 16.4 Å². The van der Waals surface area contributed by atoms with Crippen LogP contribution in [0.1, 0.15) is 35.3 Å². The molecule has 3 aromatic rings. The number of carbonyl (C=O) groups excluding carboxylic acids is 1. The second kappa shape index (κ2) is 9.39. The smallest absolute Gasteiger partial charge is 0.264 e. The Balaban J connectivity index is 1.83. The topological polar surface area (TPSA) is 41.4 Å². The summed E-state index contributed by atoms with van der Waals surface area (Å²) in [6.45, 7) is 3.33. The maximum atomic E-state index is 13.3. The zero-order chi connectivity index (χ0) is 22.1. The quantitative estimate of drug-likeness (QED) is 0.372. The third-order valence-corrected chi connectivity index (χ3v) is 6.49. The van der Waals surface area contributed by atoms with Crippen molar-refractivity contribution in [2.24, 2.45) is 0 Å². The molecule has 5 nitrogen and oxygen atoms in total. The Morgan fingerprint density at radius 1 is 0.968 bits per heavy atom. The molecule has 1 saturated heterocycles. The standard InChI is InChI=1S/C22H20Cl4N4O/c1-14-20(22(31)30(26)28-11-3-2-4-12-28)27-29(19-10-9-17(24)13-18(19)25)21(14)15-5-7-16(23)8-6-15/h5-10,13H,2-4,11-12H2,1H3. The van der Waals surface area contributed by atoms with Crippen LogP contribution in [0.5, 0.6) is 0 Å². The van der Waals surface area contributed by atoms with E-state index in [0.29, 0.717) is 26.3 Å². The van der Waals surface area contributed by atoms with Crippen LogP contribution < -0.4 is 0 Å². The molecule has 0 saturated carbocycles. The molecule has 0 N–H and O–H groups in total. The van der Waals surface area contributed by atoms with Gasteiger partial charge in [-0.3, -0.25) is 4.79 Å². The molecular weight excluding hydrogens is 478 g/mol. The number of amides is 1. The van der Waals surface area contributed by atoms with Crippen LogP contribution in [0.3, 0.4) is 0 Å². The number of benzene rings is 2. The first-order chi connectivity index (χ1) is 14.9. The van der Waals surface area contributed by atoms with E-state index < -0.39 is 0 Å². The van der Waals surface area contributed by atoms with Crippen LogP contribution in [0, 0.1) is 6.92 Å². The fraction of sp³-hybridized carbons (Fsp3) is 0.273. The zero-order valence-electron chi connectivity index (χ0n) is 16.8. The minimum atomic E-state index is -0.375. The van der Waals surface area contributed by atoms with Gasteiger partial charge in [-0.25, -0.2) is 9.69 Å². The molecule has 0 atom stereocenters. The summed E-state index contributed by atoms with van der Waals surface area (Å²) in [7, 11) is 0. The van der Waals surface area contributed by atoms with E-state index in [1.54, 1.807) is 35.0 Å². The van der Waals surface area contributed by atoms with Gasteiger partial charge in [-0.05, 0) is 50.1 Å². The van der Waals surface area contributed by atoms with Crippen molar-refractivity contribution in [3.05, 3.63) is 68.8 Å². The van der Waals surface area contributed by atoms with Gasteiger partial charge in [0.15, 0.2) is 5.69 Å². The average molecular weight is 498 g/mol. The van der Waals surface area contributed by atoms with Crippen molar-refractivity contribution in [2.75, 3.05) is 13.1 Å². The van der Waals surface area contributed by atoms with Gasteiger partial charge >= 0.3 is 5.91 Å². The monoisotopic (exact) mass is 496 g/mol. The summed E-state index contributed by atoms with van der Waals surface area (Å²) in [5.74, 6) is -0.375. The SMILES string of the molecule is Cc1c(C(=O)N(Cl)N2CCCCC2)nn(-c2ccc(Cl)cc2Cl)c1-c1ccc(Cl)cc1. The minimum Gasteiger partial charge on any atom is -0.264 e. The van der Waals surface area contributed by atoms with E-state index in [4.69, 9.17) is 46.6 Å². The molecule has 9 heteroatoms. The van der Waals surface area contributed by atoms with E-state index in [1.807, 2.05) is 24.1 Å². The highest BCUT2D eigenvalue weighted by Gasteiger charge is 2.29. The maximum absolute atomic E-state index is 13.3. The summed E-state index contributed by atoms with van der Waals surface area (Å²) in [4.78, 5) is 13.3. The van der Waals surface area contributed by atoms with Crippen molar-refractivity contribution in [1.29, 1.82) is 0 Å². The van der Waals surface area contributed by atoms with Crippen LogP contribution in [0.15, 0.2) is 42.5 Å². The van der Waals surface area contributed by atoms with Gasteiger partial charge in [-0.15, -0.1) is 0 Å². The van der Waals surface area contributed by atoms with Crippen molar-refractivity contribution in [3.8, 4) is 16.9 Å². The Morgan fingerprint density at radius 2 is 1.61 bits per heavy atom. The van der Waals surface area contributed by atoms with E-state index in [1.165, 1.54) is 0 Å². The van der Waals surface area contributed by atoms with E-state index >= 15 is 0 Å². The molecule has 4 rings (SSSR count). The Bertz CT molecular complexity index is 1110. The van der Waals surface area contributed by atoms with Gasteiger partial charge in [0, 0.05) is 46.0 Å². The van der Waals surface area contributed by atoms with Crippen LogP contribution in [0.25, 0.3) is 16.9 Å². The summed E-state index contributed by atoms with van der Waals surface area (Å²) >= 11 is 25.1. The molecule has 2 aromatic carbocycles. The first kappa shape index (κ1) is 22.4. The molecule has 0 radical (unpaired) electrons. The summed E-state index contributed by atoms with van der Waals surface area (Å²) in [6, 6.07) is 12.5. The molecule has 2 heterocycles. The lowest BCUT2D eigenvalue weighted by Crippen LogP contribution is -2.43. The summed E-state index contributed by atoms with van der Waals surface area (Å²) in [6.07, 6.45) is 3.14. The average Bonchev–Trinajstić information content (AvgIpc) is 3.10. The van der Waals surface area contributed by atoms with Crippen LogP contribution >= 0.6 is 46.6 Å². The van der Waals surface area contributed by atoms with E-state index in [2.05, 4.69) is 5.10 Å². The number of hydrogen-bond acceptors (Lipinski definition) is 3. The van der Waals surface area contributed by atoms with Gasteiger partial charge in [0.25, 0.3) is 0 Å². The molecule has 1 amide bonds. The lowest BCUT2D eigenvalue weighted by Gasteiger charge is -2.31. The Morgan fingerprint density at radius 3 is 2.26 bits per heavy atom. The Kier molecular flexibility index (Phi) is 6.80. The van der Waals surface area contributed by atoms with Gasteiger partial charge in [0.2, 0.25) is 0 Å². The zero-order valence-corrected chi connectivity index (χ0v) is 19.8. The lowest BCUT2D eigenvalue weighted by molar-refractivity contribution is 0.0291. The van der Waals surface area contributed by atoms with Crippen LogP contribution in [0.4, 0.5) is 0 Å². The van der Waals surface area contributed by atoms with Crippen molar-refractivity contribution in [1.82, 2.24) is 19.3 Å². The highest BCUT2D eigenvalue weighted by Crippen LogP contribution is 2.34. The predicted octanol–water partition coefficient (Wildman–Crippen LogP) is 6.80. The number of carbonyl (C=O) groups is 1. The molecule has 31 heavy (non-hydrogen) atoms. The van der Waals surface area contributed by atoms with Gasteiger partial charge in [-0.2, -0.15) is 9.63 Å². The Labute approximate surface area is 201 Å². The number of piperidine rings is 1. The van der Waals surface area contributed by atoms with Crippen molar-refractivity contribution >= 4 is 52.5 Å². The number of rotatable bonds is 4. The van der Waals surface area contributed by atoms with Crippen LogP contribution in [0.2, 0.25) is 15.1 Å². The fourth-order valence-corrected chi connectivity index (χ4v) is 4.59. The number of hydrogen-bond donors (Lipinski definition) is 0. The molecule has 0 spiro atoms. The minimum absolute atomic E-state index is 0.261. The third kappa shape index (κ3) is 4.57. The molecule has 1 aromatic heterocycles. The van der Waals surface area contributed by atoms with Crippen LogP contribution in [-0.4, -0.2) is 38.3 Å². The molecule has 0 unspecified atom stereocenters. The summed E-state index contributed by atoms with van der Waals surface area (Å²) in [5.41, 5.74) is 3.14. The van der Waals surface area contributed by atoms with Gasteiger partial charge in [-0.1, -0.05) is 53.4 Å². The number of hydrazine groups is 1. The van der Waals surface area contributed by atoms with E-state index in [9.17, 15) is 4.79 Å². The number of aromatic nitrogens is 2. The third-order valence-electron chi connectivity index (χ3n) is 5.33. The van der Waals surface area contributed by atoms with Crippen molar-refractivity contribution in [2.45, 2.75) is 26.2 Å². The normalized spacial score (nSPS) is 14.6. The second-order valence-corrected chi connectivity index (χ2v) is 9.02. The highest BCUT2D eigenvalue weighted by atomic mass is 35.5. The predicted molar refractivity (Wildman–Crippen MR) is 126 cm³/mol. The first-order valence-corrected chi connectivity index (χ1v) is 11.4. The van der Waals surface area contributed by atoms with E-state index in [-0.39, 0.29) is 11.6 Å². The number of halogens is 4. The molecule has 1 aliphatic heterocycles. The Hall–Kier alpha value is -1.76. The highest BCUT2D eigenvalue weighted by molar-refractivity contribution is 6.35.